The van der Waals surface area contributed by atoms with E-state index in [9.17, 15) is 14.0 Å². The van der Waals surface area contributed by atoms with E-state index in [1.54, 1.807) is 24.3 Å². The summed E-state index contributed by atoms with van der Waals surface area (Å²) in [7, 11) is 0. The number of primary amides is 1. The molecule has 34 heavy (non-hydrogen) atoms. The van der Waals surface area contributed by atoms with Crippen molar-refractivity contribution in [3.05, 3.63) is 95.6 Å². The Morgan fingerprint density at radius 2 is 1.82 bits per heavy atom. The Bertz CT molecular complexity index is 1340. The highest BCUT2D eigenvalue weighted by Crippen LogP contribution is 2.31. The summed E-state index contributed by atoms with van der Waals surface area (Å²) >= 11 is 0. The third-order valence-electron chi connectivity index (χ3n) is 5.32. The van der Waals surface area contributed by atoms with Crippen LogP contribution in [0.25, 0.3) is 10.9 Å². The molecule has 3 aromatic carbocycles. The maximum atomic E-state index is 13.2. The fourth-order valence-corrected chi connectivity index (χ4v) is 3.67. The number of amides is 2. The zero-order valence-corrected chi connectivity index (χ0v) is 18.5. The molecule has 0 bridgehead atoms. The number of carbonyl (C=O) groups excluding carboxylic acids is 2. The summed E-state index contributed by atoms with van der Waals surface area (Å²) in [4.78, 5) is 32.8. The van der Waals surface area contributed by atoms with Crippen LogP contribution in [0.15, 0.2) is 73.1 Å². The third-order valence-corrected chi connectivity index (χ3v) is 5.32. The molecule has 4 aromatic rings. The Kier molecular flexibility index (Phi) is 6.77. The van der Waals surface area contributed by atoms with Gasteiger partial charge in [-0.2, -0.15) is 0 Å². The molecule has 0 aliphatic rings. The Hall–Kier alpha value is -4.33. The molecule has 1 atom stereocenters. The van der Waals surface area contributed by atoms with Crippen LogP contribution in [0.2, 0.25) is 0 Å². The average Bonchev–Trinajstić information content (AvgIpc) is 2.84. The standard InChI is InChI=1S/C26H23FN4O3/c1-2-5-22(34-26-21-9-4-8-20(24(28)32)23(21)29-15-30-26)17-6-3-7-19(14-17)31-25(33)16-10-12-18(27)13-11-16/h3-4,6-15,22H,2,5H2,1H3,(H2,28,32)(H,31,33). The maximum absolute atomic E-state index is 13.2. The number of halogens is 1. The number of nitrogens with zero attached hydrogens (tertiary/aromatic N) is 2. The number of ether oxygens (including phenoxy) is 1. The van der Waals surface area contributed by atoms with Gasteiger partial charge < -0.3 is 15.8 Å². The van der Waals surface area contributed by atoms with Gasteiger partial charge in [0.05, 0.1) is 16.5 Å². The summed E-state index contributed by atoms with van der Waals surface area (Å²) in [6.07, 6.45) is 2.51. The van der Waals surface area contributed by atoms with Gasteiger partial charge >= 0.3 is 0 Å². The molecular weight excluding hydrogens is 435 g/mol. The van der Waals surface area contributed by atoms with E-state index in [0.29, 0.717) is 40.0 Å². The minimum absolute atomic E-state index is 0.294. The first-order valence-corrected chi connectivity index (χ1v) is 10.8. The molecule has 0 spiro atoms. The van der Waals surface area contributed by atoms with Crippen LogP contribution < -0.4 is 15.8 Å². The number of para-hydroxylation sites is 1. The summed E-state index contributed by atoms with van der Waals surface area (Å²) in [5.74, 6) is -0.985. The zero-order chi connectivity index (χ0) is 24.1. The number of hydrogen-bond donors (Lipinski definition) is 2. The topological polar surface area (TPSA) is 107 Å². The van der Waals surface area contributed by atoms with Crippen molar-refractivity contribution in [3.63, 3.8) is 0 Å². The maximum Gasteiger partial charge on any atom is 0.255 e. The molecule has 0 fully saturated rings. The molecular formula is C26H23FN4O3. The molecule has 0 aliphatic carbocycles. The van der Waals surface area contributed by atoms with Gasteiger partial charge in [0.1, 0.15) is 18.2 Å². The van der Waals surface area contributed by atoms with E-state index >= 15 is 0 Å². The van der Waals surface area contributed by atoms with E-state index in [0.717, 1.165) is 12.0 Å². The lowest BCUT2D eigenvalue weighted by atomic mass is 10.0. The molecule has 0 saturated heterocycles. The molecule has 8 heteroatoms. The quantitative estimate of drug-likeness (QED) is 0.385. The molecule has 172 valence electrons. The second kappa shape index (κ2) is 10.1. The lowest BCUT2D eigenvalue weighted by Gasteiger charge is -2.20. The number of nitrogens with one attached hydrogen (secondary N) is 1. The first-order chi connectivity index (χ1) is 16.5. The molecule has 1 aromatic heterocycles. The molecule has 7 nitrogen and oxygen atoms in total. The van der Waals surface area contributed by atoms with E-state index in [2.05, 4.69) is 15.3 Å². The molecule has 4 rings (SSSR count). The van der Waals surface area contributed by atoms with Crippen LogP contribution >= 0.6 is 0 Å². The van der Waals surface area contributed by atoms with Crippen LogP contribution in [0.5, 0.6) is 5.88 Å². The summed E-state index contributed by atoms with van der Waals surface area (Å²) in [6, 6.07) is 17.8. The van der Waals surface area contributed by atoms with Crippen LogP contribution in [0, 0.1) is 5.82 Å². The number of anilines is 1. The minimum atomic E-state index is -0.579. The van der Waals surface area contributed by atoms with Crippen molar-refractivity contribution in [2.24, 2.45) is 5.73 Å². The number of hydrogen-bond acceptors (Lipinski definition) is 5. The van der Waals surface area contributed by atoms with Gasteiger partial charge in [0, 0.05) is 11.3 Å². The summed E-state index contributed by atoms with van der Waals surface area (Å²) in [5, 5.41) is 3.42. The monoisotopic (exact) mass is 458 g/mol. The van der Waals surface area contributed by atoms with Crippen molar-refractivity contribution in [2.45, 2.75) is 25.9 Å². The first kappa shape index (κ1) is 22.8. The number of fused-ring (bicyclic) bond motifs is 1. The predicted octanol–water partition coefficient (Wildman–Crippen LogP) is 5.04. The van der Waals surface area contributed by atoms with Crippen molar-refractivity contribution < 1.29 is 18.7 Å². The van der Waals surface area contributed by atoms with Gasteiger partial charge in [-0.1, -0.05) is 31.5 Å². The number of aromatic nitrogens is 2. The fourth-order valence-electron chi connectivity index (χ4n) is 3.67. The molecule has 3 N–H and O–H groups in total. The fraction of sp³-hybridized carbons (Fsp3) is 0.154. The zero-order valence-electron chi connectivity index (χ0n) is 18.5. The van der Waals surface area contributed by atoms with E-state index in [1.165, 1.54) is 30.6 Å². The van der Waals surface area contributed by atoms with E-state index < -0.39 is 11.7 Å². The molecule has 1 unspecified atom stereocenters. The lowest BCUT2D eigenvalue weighted by molar-refractivity contribution is 0.0998. The van der Waals surface area contributed by atoms with Gasteiger partial charge in [-0.25, -0.2) is 14.4 Å². The Morgan fingerprint density at radius 3 is 2.56 bits per heavy atom. The predicted molar refractivity (Wildman–Crippen MR) is 127 cm³/mol. The van der Waals surface area contributed by atoms with Crippen molar-refractivity contribution in [1.82, 2.24) is 9.97 Å². The van der Waals surface area contributed by atoms with Crippen LogP contribution in [0.3, 0.4) is 0 Å². The summed E-state index contributed by atoms with van der Waals surface area (Å²) < 4.78 is 19.4. The van der Waals surface area contributed by atoms with Gasteiger partial charge in [-0.15, -0.1) is 0 Å². The minimum Gasteiger partial charge on any atom is -0.469 e. The lowest BCUT2D eigenvalue weighted by Crippen LogP contribution is -2.14. The Morgan fingerprint density at radius 1 is 1.06 bits per heavy atom. The molecule has 2 amide bonds. The highest BCUT2D eigenvalue weighted by Gasteiger charge is 2.18. The third kappa shape index (κ3) is 5.01. The van der Waals surface area contributed by atoms with E-state index in [1.807, 2.05) is 25.1 Å². The summed E-state index contributed by atoms with van der Waals surface area (Å²) in [6.45, 7) is 2.04. The van der Waals surface area contributed by atoms with Gasteiger partial charge in [-0.3, -0.25) is 9.59 Å². The van der Waals surface area contributed by atoms with Crippen molar-refractivity contribution in [2.75, 3.05) is 5.32 Å². The van der Waals surface area contributed by atoms with Crippen LogP contribution in [0.1, 0.15) is 52.1 Å². The smallest absolute Gasteiger partial charge is 0.255 e. The number of nitrogens with two attached hydrogens (primary N) is 1. The van der Waals surface area contributed by atoms with Gasteiger partial charge in [0.2, 0.25) is 5.88 Å². The molecule has 0 saturated carbocycles. The second-order valence-electron chi connectivity index (χ2n) is 7.73. The molecule has 0 aliphatic heterocycles. The molecule has 0 radical (unpaired) electrons. The van der Waals surface area contributed by atoms with Crippen molar-refractivity contribution in [3.8, 4) is 5.88 Å². The number of carbonyl (C=O) groups is 2. The van der Waals surface area contributed by atoms with Crippen LogP contribution in [-0.2, 0) is 0 Å². The second-order valence-corrected chi connectivity index (χ2v) is 7.73. The normalized spacial score (nSPS) is 11.7. The highest BCUT2D eigenvalue weighted by molar-refractivity contribution is 6.05. The summed E-state index contributed by atoms with van der Waals surface area (Å²) in [5.41, 5.74) is 7.98. The molecule has 1 heterocycles. The average molecular weight is 458 g/mol. The number of benzene rings is 3. The van der Waals surface area contributed by atoms with Gasteiger partial charge in [-0.05, 0) is 60.5 Å². The van der Waals surface area contributed by atoms with Gasteiger partial charge in [0.15, 0.2) is 0 Å². The Balaban J connectivity index is 1.61. The van der Waals surface area contributed by atoms with E-state index in [-0.39, 0.29) is 12.0 Å². The Labute approximate surface area is 195 Å². The van der Waals surface area contributed by atoms with Crippen molar-refractivity contribution >= 4 is 28.4 Å². The highest BCUT2D eigenvalue weighted by atomic mass is 19.1. The number of rotatable bonds is 8. The van der Waals surface area contributed by atoms with E-state index in [4.69, 9.17) is 10.5 Å². The van der Waals surface area contributed by atoms with Gasteiger partial charge in [0.25, 0.3) is 11.8 Å². The SMILES string of the molecule is CCCC(Oc1ncnc2c(C(N)=O)cccc12)c1cccc(NC(=O)c2ccc(F)cc2)c1. The van der Waals surface area contributed by atoms with Crippen LogP contribution in [0.4, 0.5) is 10.1 Å². The first-order valence-electron chi connectivity index (χ1n) is 10.8. The van der Waals surface area contributed by atoms with Crippen molar-refractivity contribution in [1.29, 1.82) is 0 Å². The van der Waals surface area contributed by atoms with Crippen LogP contribution in [-0.4, -0.2) is 21.8 Å². The largest absolute Gasteiger partial charge is 0.469 e.